The zero-order valence-electron chi connectivity index (χ0n) is 17.2. The topological polar surface area (TPSA) is 70.6 Å². The van der Waals surface area contributed by atoms with Crippen molar-refractivity contribution in [3.63, 3.8) is 0 Å². The molecule has 0 aliphatic rings. The van der Waals surface area contributed by atoms with E-state index < -0.39 is 22.2 Å². The van der Waals surface area contributed by atoms with Crippen molar-refractivity contribution in [2.24, 2.45) is 0 Å². The van der Waals surface area contributed by atoms with Crippen LogP contribution >= 0.6 is 0 Å². The van der Waals surface area contributed by atoms with Gasteiger partial charge in [0.05, 0.1) is 19.1 Å². The molecular formula is C22H29NO4S. The first-order chi connectivity index (χ1) is 13.2. The van der Waals surface area contributed by atoms with Gasteiger partial charge in [-0.2, -0.15) is 0 Å². The number of aryl methyl sites for hydroxylation is 1. The predicted octanol–water partition coefficient (Wildman–Crippen LogP) is 4.83. The summed E-state index contributed by atoms with van der Waals surface area (Å²) in [6.45, 7) is 9.75. The normalized spacial score (nSPS) is 13.6. The molecule has 5 nitrogen and oxygen atoms in total. The lowest BCUT2D eigenvalue weighted by Crippen LogP contribution is -2.42. The van der Waals surface area contributed by atoms with Gasteiger partial charge in [0.15, 0.2) is 0 Å². The third-order valence-electron chi connectivity index (χ3n) is 4.00. The minimum absolute atomic E-state index is 0.0869. The smallest absolute Gasteiger partial charge is 0.307 e. The van der Waals surface area contributed by atoms with Gasteiger partial charge >= 0.3 is 5.97 Å². The molecule has 6 heteroatoms. The van der Waals surface area contributed by atoms with Crippen molar-refractivity contribution in [3.05, 3.63) is 59.7 Å². The Morgan fingerprint density at radius 1 is 1.14 bits per heavy atom. The van der Waals surface area contributed by atoms with Crippen LogP contribution in [-0.4, -0.2) is 21.9 Å². The summed E-state index contributed by atoms with van der Waals surface area (Å²) in [5.74, 6) is 1.05. The summed E-state index contributed by atoms with van der Waals surface area (Å²) in [6.07, 6.45) is 0.0869. The van der Waals surface area contributed by atoms with Crippen molar-refractivity contribution >= 4 is 17.3 Å². The summed E-state index contributed by atoms with van der Waals surface area (Å²) in [5.41, 5.74) is 1.97. The molecule has 0 aromatic heterocycles. The average molecular weight is 404 g/mol. The van der Waals surface area contributed by atoms with Crippen molar-refractivity contribution in [3.8, 4) is 11.5 Å². The summed E-state index contributed by atoms with van der Waals surface area (Å²) >= 11 is -1.33. The second-order valence-electron chi connectivity index (χ2n) is 7.55. The molecule has 1 unspecified atom stereocenters. The molecule has 0 heterocycles. The van der Waals surface area contributed by atoms with Crippen LogP contribution in [-0.2, 0) is 20.9 Å². The van der Waals surface area contributed by atoms with Gasteiger partial charge in [-0.1, -0.05) is 29.8 Å². The maximum Gasteiger partial charge on any atom is 0.307 e. The summed E-state index contributed by atoms with van der Waals surface area (Å²) in [4.78, 5) is 12.1. The van der Waals surface area contributed by atoms with Crippen LogP contribution in [0.25, 0.3) is 0 Å². The quantitative estimate of drug-likeness (QED) is 0.505. The van der Waals surface area contributed by atoms with E-state index in [1.807, 2.05) is 76.2 Å². The molecule has 0 bridgehead atoms. The first-order valence-electron chi connectivity index (χ1n) is 9.37. The fraction of sp³-hybridized carbons (Fsp3) is 0.409. The highest BCUT2D eigenvalue weighted by Gasteiger charge is 2.31. The minimum Gasteiger partial charge on any atom is -0.598 e. The Kier molecular flexibility index (Phi) is 7.92. The van der Waals surface area contributed by atoms with Gasteiger partial charge in [0.1, 0.15) is 16.2 Å². The zero-order chi connectivity index (χ0) is 20.7. The molecule has 0 spiro atoms. The monoisotopic (exact) mass is 403 g/mol. The fourth-order valence-corrected chi connectivity index (χ4v) is 3.29. The first kappa shape index (κ1) is 22.3. The van der Waals surface area contributed by atoms with E-state index in [1.54, 1.807) is 6.92 Å². The minimum atomic E-state index is -1.33. The number of hydrogen-bond donors (Lipinski definition) is 1. The summed E-state index contributed by atoms with van der Waals surface area (Å²) < 4.78 is 26.3. The Balaban J connectivity index is 2.23. The Bertz CT molecular complexity index is 771. The Morgan fingerprint density at radius 2 is 1.82 bits per heavy atom. The van der Waals surface area contributed by atoms with Gasteiger partial charge in [0.2, 0.25) is 0 Å². The number of carbonyl (C=O) groups is 1. The second-order valence-corrected chi connectivity index (χ2v) is 9.55. The lowest BCUT2D eigenvalue weighted by molar-refractivity contribution is -0.143. The fourth-order valence-electron chi connectivity index (χ4n) is 2.46. The second kappa shape index (κ2) is 9.96. The number of rotatable bonds is 8. The van der Waals surface area contributed by atoms with Gasteiger partial charge in [-0.25, -0.2) is 0 Å². The standard InChI is InChI=1S/C22H29NO4S/c1-6-26-21(24)15-20(23-28(25)22(3,4)5)17-8-7-9-19(14-17)27-18-12-10-16(2)11-13-18/h7-14,20,23H,6,15H2,1-5H3/t20-,28?/m0/s1. The van der Waals surface area contributed by atoms with E-state index in [-0.39, 0.29) is 12.4 Å². The molecule has 2 aromatic rings. The van der Waals surface area contributed by atoms with E-state index in [4.69, 9.17) is 9.47 Å². The zero-order valence-corrected chi connectivity index (χ0v) is 18.0. The predicted molar refractivity (Wildman–Crippen MR) is 113 cm³/mol. The van der Waals surface area contributed by atoms with Crippen LogP contribution in [0.3, 0.4) is 0 Å². The molecule has 2 rings (SSSR count). The molecule has 2 atom stereocenters. The summed E-state index contributed by atoms with van der Waals surface area (Å²) in [6, 6.07) is 14.8. The molecule has 2 aromatic carbocycles. The molecule has 0 saturated heterocycles. The maximum absolute atomic E-state index is 12.6. The SMILES string of the molecule is CCOC(=O)C[C@H](N[S+]([O-])C(C)(C)C)c1cccc(Oc2ccc(C)cc2)c1. The van der Waals surface area contributed by atoms with Crippen molar-refractivity contribution < 1.29 is 18.8 Å². The number of carbonyl (C=O) groups excluding carboxylic acids is 1. The highest BCUT2D eigenvalue weighted by molar-refractivity contribution is 7.90. The molecule has 0 amide bonds. The molecule has 152 valence electrons. The molecule has 0 fully saturated rings. The van der Waals surface area contributed by atoms with Crippen LogP contribution in [0.2, 0.25) is 0 Å². The summed E-state index contributed by atoms with van der Waals surface area (Å²) in [7, 11) is 0. The molecule has 0 radical (unpaired) electrons. The molecular weight excluding hydrogens is 374 g/mol. The lowest BCUT2D eigenvalue weighted by atomic mass is 10.0. The van der Waals surface area contributed by atoms with Crippen LogP contribution in [0.1, 0.15) is 51.3 Å². The van der Waals surface area contributed by atoms with Crippen molar-refractivity contribution in [1.82, 2.24) is 4.72 Å². The van der Waals surface area contributed by atoms with Crippen molar-refractivity contribution in [2.75, 3.05) is 6.61 Å². The van der Waals surface area contributed by atoms with E-state index in [9.17, 15) is 9.35 Å². The number of benzene rings is 2. The first-order valence-corrected chi connectivity index (χ1v) is 10.5. The van der Waals surface area contributed by atoms with Gasteiger partial charge < -0.3 is 14.0 Å². The van der Waals surface area contributed by atoms with Gasteiger partial charge in [-0.15, -0.1) is 4.72 Å². The Hall–Kier alpha value is -2.02. The number of ether oxygens (including phenoxy) is 2. The van der Waals surface area contributed by atoms with Crippen LogP contribution in [0.15, 0.2) is 48.5 Å². The highest BCUT2D eigenvalue weighted by atomic mass is 32.2. The highest BCUT2D eigenvalue weighted by Crippen LogP contribution is 2.28. The van der Waals surface area contributed by atoms with Gasteiger partial charge in [-0.05, 0) is 64.4 Å². The number of hydrogen-bond acceptors (Lipinski definition) is 5. The molecule has 0 aliphatic heterocycles. The molecule has 1 N–H and O–H groups in total. The maximum atomic E-state index is 12.6. The molecule has 0 saturated carbocycles. The van der Waals surface area contributed by atoms with Gasteiger partial charge in [0, 0.05) is 11.4 Å². The van der Waals surface area contributed by atoms with E-state index in [0.717, 1.165) is 16.9 Å². The van der Waals surface area contributed by atoms with Crippen LogP contribution in [0, 0.1) is 6.92 Å². The summed E-state index contributed by atoms with van der Waals surface area (Å²) in [5, 5.41) is 0. The third-order valence-corrected chi connectivity index (χ3v) is 5.61. The van der Waals surface area contributed by atoms with Crippen molar-refractivity contribution in [2.45, 2.75) is 51.8 Å². The molecule has 28 heavy (non-hydrogen) atoms. The van der Waals surface area contributed by atoms with Crippen LogP contribution in [0.4, 0.5) is 0 Å². The third kappa shape index (κ3) is 6.86. The average Bonchev–Trinajstić information content (AvgIpc) is 2.63. The van der Waals surface area contributed by atoms with Crippen LogP contribution in [0.5, 0.6) is 11.5 Å². The number of esters is 1. The van der Waals surface area contributed by atoms with Gasteiger partial charge in [-0.3, -0.25) is 4.79 Å². The molecule has 0 aliphatic carbocycles. The van der Waals surface area contributed by atoms with E-state index in [2.05, 4.69) is 4.72 Å². The Morgan fingerprint density at radius 3 is 2.43 bits per heavy atom. The lowest BCUT2D eigenvalue weighted by Gasteiger charge is -2.28. The number of nitrogens with one attached hydrogen (secondary N) is 1. The van der Waals surface area contributed by atoms with E-state index in [1.165, 1.54) is 0 Å². The van der Waals surface area contributed by atoms with Crippen molar-refractivity contribution in [1.29, 1.82) is 0 Å². The van der Waals surface area contributed by atoms with Gasteiger partial charge in [0.25, 0.3) is 0 Å². The van der Waals surface area contributed by atoms with E-state index >= 15 is 0 Å². The largest absolute Gasteiger partial charge is 0.598 e. The Labute approximate surface area is 170 Å². The van der Waals surface area contributed by atoms with Crippen LogP contribution < -0.4 is 9.46 Å². The van der Waals surface area contributed by atoms with E-state index in [0.29, 0.717) is 12.4 Å².